The van der Waals surface area contributed by atoms with E-state index in [1.807, 2.05) is 31.3 Å². The highest BCUT2D eigenvalue weighted by Gasteiger charge is 2.29. The monoisotopic (exact) mass is 417 g/mol. The highest BCUT2D eigenvalue weighted by atomic mass is 16.5. The summed E-state index contributed by atoms with van der Waals surface area (Å²) in [7, 11) is 3.69. The smallest absolute Gasteiger partial charge is 0.309 e. The maximum Gasteiger partial charge on any atom is 0.309 e. The van der Waals surface area contributed by atoms with Crippen LogP contribution in [0.1, 0.15) is 49.9 Å². The average molecular weight is 418 g/mol. The van der Waals surface area contributed by atoms with Crippen LogP contribution >= 0.6 is 0 Å². The van der Waals surface area contributed by atoms with Gasteiger partial charge in [-0.2, -0.15) is 0 Å². The van der Waals surface area contributed by atoms with E-state index in [-0.39, 0.29) is 30.2 Å². The molecule has 2 rings (SSSR count). The number of likely N-dealkylation sites (N-methyl/N-ethyl adjacent to an activating group) is 1. The zero-order chi connectivity index (χ0) is 22.1. The molecule has 1 aromatic rings. The second-order valence-electron chi connectivity index (χ2n) is 7.89. The SMILES string of the molecule is CCCCN(C)c1ccc(C(=O)N(C)CC(=O)N2CCC(C(=O)OCC)CC2)cc1. The first kappa shape index (κ1) is 23.7. The van der Waals surface area contributed by atoms with Crippen LogP contribution in [0.2, 0.25) is 0 Å². The molecule has 0 bridgehead atoms. The Morgan fingerprint density at radius 3 is 2.27 bits per heavy atom. The number of nitrogens with zero attached hydrogens (tertiary/aromatic N) is 3. The van der Waals surface area contributed by atoms with Crippen molar-refractivity contribution in [2.24, 2.45) is 5.92 Å². The molecule has 0 aliphatic carbocycles. The third-order valence-electron chi connectivity index (χ3n) is 5.59. The molecule has 1 fully saturated rings. The number of piperidine rings is 1. The first-order chi connectivity index (χ1) is 14.4. The number of rotatable bonds is 9. The minimum absolute atomic E-state index is 0.0288. The Balaban J connectivity index is 1.85. The molecule has 7 nitrogen and oxygen atoms in total. The van der Waals surface area contributed by atoms with Crippen molar-refractivity contribution in [3.8, 4) is 0 Å². The molecule has 7 heteroatoms. The van der Waals surface area contributed by atoms with Gasteiger partial charge in [0.05, 0.1) is 19.1 Å². The minimum Gasteiger partial charge on any atom is -0.466 e. The Bertz CT molecular complexity index is 712. The summed E-state index contributed by atoms with van der Waals surface area (Å²) in [5, 5.41) is 0. The van der Waals surface area contributed by atoms with Crippen molar-refractivity contribution >= 4 is 23.5 Å². The summed E-state index contributed by atoms with van der Waals surface area (Å²) in [5.41, 5.74) is 1.64. The number of unbranched alkanes of at least 4 members (excludes halogenated alkanes) is 1. The van der Waals surface area contributed by atoms with Crippen molar-refractivity contribution in [2.45, 2.75) is 39.5 Å². The topological polar surface area (TPSA) is 70.2 Å². The quantitative estimate of drug-likeness (QED) is 0.578. The third kappa shape index (κ3) is 6.47. The lowest BCUT2D eigenvalue weighted by Gasteiger charge is -2.32. The number of amides is 2. The van der Waals surface area contributed by atoms with Gasteiger partial charge in [-0.25, -0.2) is 0 Å². The lowest BCUT2D eigenvalue weighted by atomic mass is 9.97. The zero-order valence-electron chi connectivity index (χ0n) is 18.7. The fourth-order valence-electron chi connectivity index (χ4n) is 3.60. The largest absolute Gasteiger partial charge is 0.466 e. The van der Waals surface area contributed by atoms with Gasteiger partial charge < -0.3 is 19.4 Å². The van der Waals surface area contributed by atoms with Crippen molar-refractivity contribution < 1.29 is 19.1 Å². The highest BCUT2D eigenvalue weighted by molar-refractivity contribution is 5.96. The van der Waals surface area contributed by atoms with Crippen LogP contribution in [0.4, 0.5) is 5.69 Å². The zero-order valence-corrected chi connectivity index (χ0v) is 18.7. The van der Waals surface area contributed by atoms with Gasteiger partial charge in [-0.15, -0.1) is 0 Å². The van der Waals surface area contributed by atoms with Crippen LogP contribution in [0, 0.1) is 5.92 Å². The number of likely N-dealkylation sites (tertiary alicyclic amines) is 1. The van der Waals surface area contributed by atoms with Crippen molar-refractivity contribution in [3.05, 3.63) is 29.8 Å². The van der Waals surface area contributed by atoms with Gasteiger partial charge in [-0.05, 0) is 50.5 Å². The van der Waals surface area contributed by atoms with E-state index in [4.69, 9.17) is 4.74 Å². The summed E-state index contributed by atoms with van der Waals surface area (Å²) < 4.78 is 5.07. The van der Waals surface area contributed by atoms with Gasteiger partial charge in [0.2, 0.25) is 5.91 Å². The molecule has 30 heavy (non-hydrogen) atoms. The van der Waals surface area contributed by atoms with Crippen LogP contribution < -0.4 is 4.90 Å². The predicted octanol–water partition coefficient (Wildman–Crippen LogP) is 2.80. The molecule has 0 unspecified atom stereocenters. The van der Waals surface area contributed by atoms with Crippen LogP contribution in [0.3, 0.4) is 0 Å². The summed E-state index contributed by atoms with van der Waals surface area (Å²) in [6.45, 7) is 6.37. The molecule has 1 aromatic carbocycles. The molecule has 2 amide bonds. The van der Waals surface area contributed by atoms with Gasteiger partial charge >= 0.3 is 5.97 Å². The molecule has 1 aliphatic heterocycles. The number of anilines is 1. The van der Waals surface area contributed by atoms with Crippen LogP contribution in [0.15, 0.2) is 24.3 Å². The Kier molecular flexibility index (Phi) is 9.15. The van der Waals surface area contributed by atoms with Gasteiger partial charge in [0.1, 0.15) is 0 Å². The number of hydrogen-bond acceptors (Lipinski definition) is 5. The van der Waals surface area contributed by atoms with E-state index in [0.717, 1.165) is 25.1 Å². The van der Waals surface area contributed by atoms with E-state index in [0.29, 0.717) is 38.1 Å². The van der Waals surface area contributed by atoms with E-state index in [9.17, 15) is 14.4 Å². The van der Waals surface area contributed by atoms with Gasteiger partial charge in [0.15, 0.2) is 0 Å². The van der Waals surface area contributed by atoms with Crippen molar-refractivity contribution in [1.29, 1.82) is 0 Å². The first-order valence-electron chi connectivity index (χ1n) is 10.9. The lowest BCUT2D eigenvalue weighted by Crippen LogP contribution is -2.45. The molecular formula is C23H35N3O4. The Labute approximate surface area is 180 Å². The molecule has 0 spiro atoms. The second kappa shape index (κ2) is 11.6. The number of hydrogen-bond donors (Lipinski definition) is 0. The van der Waals surface area contributed by atoms with Crippen molar-refractivity contribution in [3.63, 3.8) is 0 Å². The molecule has 1 aliphatic rings. The van der Waals surface area contributed by atoms with Gasteiger partial charge in [0.25, 0.3) is 5.91 Å². The highest BCUT2D eigenvalue weighted by Crippen LogP contribution is 2.19. The van der Waals surface area contributed by atoms with E-state index in [1.165, 1.54) is 4.90 Å². The van der Waals surface area contributed by atoms with E-state index in [1.54, 1.807) is 18.9 Å². The Hall–Kier alpha value is -2.57. The molecule has 0 N–H and O–H groups in total. The Morgan fingerprint density at radius 1 is 1.07 bits per heavy atom. The molecular weight excluding hydrogens is 382 g/mol. The normalized spacial score (nSPS) is 14.3. The third-order valence-corrected chi connectivity index (χ3v) is 5.59. The maximum atomic E-state index is 12.7. The summed E-state index contributed by atoms with van der Waals surface area (Å²) in [5.74, 6) is -0.584. The van der Waals surface area contributed by atoms with Crippen molar-refractivity contribution in [2.75, 3.05) is 51.8 Å². The lowest BCUT2D eigenvalue weighted by molar-refractivity contribution is -0.151. The fourth-order valence-corrected chi connectivity index (χ4v) is 3.60. The van der Waals surface area contributed by atoms with Crippen molar-refractivity contribution in [1.82, 2.24) is 9.80 Å². The van der Waals surface area contributed by atoms with Gasteiger partial charge in [-0.3, -0.25) is 14.4 Å². The standard InChI is InChI=1S/C23H35N3O4/c1-5-7-14-24(3)20-10-8-18(9-11-20)22(28)25(4)17-21(27)26-15-12-19(13-16-26)23(29)30-6-2/h8-11,19H,5-7,12-17H2,1-4H3. The minimum atomic E-state index is -0.180. The van der Waals surface area contributed by atoms with E-state index < -0.39 is 0 Å². The molecule has 0 atom stereocenters. The molecule has 1 heterocycles. The first-order valence-corrected chi connectivity index (χ1v) is 10.9. The van der Waals surface area contributed by atoms with E-state index in [2.05, 4.69) is 11.8 Å². The number of benzene rings is 1. The maximum absolute atomic E-state index is 12.7. The second-order valence-corrected chi connectivity index (χ2v) is 7.89. The summed E-state index contributed by atoms with van der Waals surface area (Å²) in [6.07, 6.45) is 3.48. The number of ether oxygens (including phenoxy) is 1. The molecule has 166 valence electrons. The van der Waals surface area contributed by atoms with Crippen LogP contribution in [0.5, 0.6) is 0 Å². The molecule has 0 saturated carbocycles. The molecule has 1 saturated heterocycles. The van der Waals surface area contributed by atoms with Gasteiger partial charge in [-0.1, -0.05) is 13.3 Å². The fraction of sp³-hybridized carbons (Fsp3) is 0.609. The van der Waals surface area contributed by atoms with Crippen LogP contribution in [-0.4, -0.2) is 74.5 Å². The van der Waals surface area contributed by atoms with E-state index >= 15 is 0 Å². The number of carbonyl (C=O) groups is 3. The molecule has 0 radical (unpaired) electrons. The van der Waals surface area contributed by atoms with Crippen LogP contribution in [0.25, 0.3) is 0 Å². The predicted molar refractivity (Wildman–Crippen MR) is 118 cm³/mol. The summed E-state index contributed by atoms with van der Waals surface area (Å²) >= 11 is 0. The van der Waals surface area contributed by atoms with Gasteiger partial charge in [0, 0.05) is 45.0 Å². The van der Waals surface area contributed by atoms with Crippen LogP contribution in [-0.2, 0) is 14.3 Å². The Morgan fingerprint density at radius 2 is 1.70 bits per heavy atom. The number of carbonyl (C=O) groups excluding carboxylic acids is 3. The summed E-state index contributed by atoms with van der Waals surface area (Å²) in [4.78, 5) is 42.5. The summed E-state index contributed by atoms with van der Waals surface area (Å²) in [6, 6.07) is 7.51. The average Bonchev–Trinajstić information content (AvgIpc) is 2.77. The number of esters is 1. The molecule has 0 aromatic heterocycles.